The summed E-state index contributed by atoms with van der Waals surface area (Å²) in [6.45, 7) is 2.71. The third-order valence-corrected chi connectivity index (χ3v) is 5.35. The van der Waals surface area contributed by atoms with Crippen LogP contribution in [0.2, 0.25) is 0 Å². The minimum absolute atomic E-state index is 0.229. The number of ether oxygens (including phenoxy) is 1. The second-order valence-electron chi connectivity index (χ2n) is 5.54. The monoisotopic (exact) mass is 333 g/mol. The van der Waals surface area contributed by atoms with Gasteiger partial charge in [-0.1, -0.05) is 36.4 Å². The topological polar surface area (TPSA) is 29.5 Å². The van der Waals surface area contributed by atoms with Crippen molar-refractivity contribution >= 4 is 10.8 Å². The van der Waals surface area contributed by atoms with Crippen LogP contribution >= 0.6 is 0 Å². The molecule has 0 bridgehead atoms. The molecular weight excluding hydrogens is 313 g/mol. The van der Waals surface area contributed by atoms with E-state index in [4.69, 9.17) is 4.74 Å². The number of nitrogens with zero attached hydrogens (tertiary/aromatic N) is 1. The minimum Gasteiger partial charge on any atom is -0.371 e. The van der Waals surface area contributed by atoms with Crippen LogP contribution in [0.15, 0.2) is 59.5 Å². The summed E-state index contributed by atoms with van der Waals surface area (Å²) in [5.41, 5.74) is 0.599. The van der Waals surface area contributed by atoms with Crippen LogP contribution in [0.4, 0.5) is 4.39 Å². The summed E-state index contributed by atoms with van der Waals surface area (Å²) in [6.07, 6.45) is -0.255. The highest BCUT2D eigenvalue weighted by atomic mass is 32.2. The molecule has 0 amide bonds. The zero-order valence-electron chi connectivity index (χ0n) is 12.9. The minimum atomic E-state index is -1.00. The maximum absolute atomic E-state index is 13.9. The van der Waals surface area contributed by atoms with Crippen LogP contribution in [0.25, 0.3) is 0 Å². The average Bonchev–Trinajstić information content (AvgIpc) is 2.61. The van der Waals surface area contributed by atoms with Crippen molar-refractivity contribution in [1.82, 2.24) is 4.90 Å². The van der Waals surface area contributed by atoms with Gasteiger partial charge in [0.05, 0.1) is 23.5 Å². The van der Waals surface area contributed by atoms with Gasteiger partial charge in [0.25, 0.3) is 0 Å². The highest BCUT2D eigenvalue weighted by molar-refractivity contribution is 7.85. The van der Waals surface area contributed by atoms with Crippen molar-refractivity contribution in [2.24, 2.45) is 0 Å². The van der Waals surface area contributed by atoms with Crippen molar-refractivity contribution < 1.29 is 13.3 Å². The Kier molecular flexibility index (Phi) is 5.54. The number of morpholine rings is 1. The Morgan fingerprint density at radius 2 is 1.87 bits per heavy atom. The summed E-state index contributed by atoms with van der Waals surface area (Å²) in [5.74, 6) is 0.348. The van der Waals surface area contributed by atoms with Gasteiger partial charge in [-0.15, -0.1) is 0 Å². The van der Waals surface area contributed by atoms with E-state index in [-0.39, 0.29) is 11.9 Å². The molecule has 1 aliphatic heterocycles. The van der Waals surface area contributed by atoms with E-state index in [1.54, 1.807) is 12.1 Å². The van der Waals surface area contributed by atoms with Crippen LogP contribution in [0.3, 0.4) is 0 Å². The SMILES string of the molecule is O=[S@](CCN1CCO[C@@H](c2ccccc2F)C1)c1ccccc1. The summed E-state index contributed by atoms with van der Waals surface area (Å²) < 4.78 is 31.9. The normalized spacial score (nSPS) is 20.3. The number of benzene rings is 2. The first kappa shape index (κ1) is 16.3. The quantitative estimate of drug-likeness (QED) is 0.842. The molecule has 0 N–H and O–H groups in total. The fourth-order valence-corrected chi connectivity index (χ4v) is 3.85. The zero-order chi connectivity index (χ0) is 16.1. The molecule has 2 aromatic carbocycles. The van der Waals surface area contributed by atoms with Gasteiger partial charge in [0.1, 0.15) is 5.82 Å². The standard InChI is InChI=1S/C18H20FNO2S/c19-17-9-5-4-8-16(17)18-14-20(10-12-22-18)11-13-23(21)15-6-2-1-3-7-15/h1-9,18H,10-14H2/t18-,23-/m1/s1. The summed E-state index contributed by atoms with van der Waals surface area (Å²) >= 11 is 0. The van der Waals surface area contributed by atoms with Crippen molar-refractivity contribution in [3.05, 3.63) is 66.0 Å². The van der Waals surface area contributed by atoms with Crippen molar-refractivity contribution in [2.45, 2.75) is 11.0 Å². The van der Waals surface area contributed by atoms with Crippen LogP contribution in [-0.4, -0.2) is 41.1 Å². The van der Waals surface area contributed by atoms with Crippen LogP contribution in [0.1, 0.15) is 11.7 Å². The zero-order valence-corrected chi connectivity index (χ0v) is 13.7. The van der Waals surface area contributed by atoms with Gasteiger partial charge in [0.2, 0.25) is 0 Å². The molecule has 0 saturated carbocycles. The first-order valence-corrected chi connectivity index (χ1v) is 9.08. The van der Waals surface area contributed by atoms with Gasteiger partial charge in [-0.2, -0.15) is 0 Å². The van der Waals surface area contributed by atoms with Gasteiger partial charge in [-0.05, 0) is 18.2 Å². The highest BCUT2D eigenvalue weighted by Crippen LogP contribution is 2.24. The Labute approximate surface area is 138 Å². The van der Waals surface area contributed by atoms with Gasteiger partial charge in [-0.25, -0.2) is 4.39 Å². The lowest BCUT2D eigenvalue weighted by Crippen LogP contribution is -2.40. The van der Waals surface area contributed by atoms with Crippen LogP contribution in [0.5, 0.6) is 0 Å². The van der Waals surface area contributed by atoms with Crippen molar-refractivity contribution in [3.63, 3.8) is 0 Å². The van der Waals surface area contributed by atoms with Gasteiger partial charge in [-0.3, -0.25) is 9.11 Å². The number of rotatable bonds is 5. The summed E-state index contributed by atoms with van der Waals surface area (Å²) in [7, 11) is -1.00. The predicted octanol–water partition coefficient (Wildman–Crippen LogP) is 3.01. The van der Waals surface area contributed by atoms with Gasteiger partial charge in [0, 0.05) is 35.8 Å². The molecule has 5 heteroatoms. The van der Waals surface area contributed by atoms with E-state index in [1.807, 2.05) is 36.4 Å². The second-order valence-corrected chi connectivity index (χ2v) is 7.11. The second kappa shape index (κ2) is 7.81. The molecule has 3 rings (SSSR count). The van der Waals surface area contributed by atoms with E-state index >= 15 is 0 Å². The third-order valence-electron chi connectivity index (χ3n) is 4.00. The average molecular weight is 333 g/mol. The van der Waals surface area contributed by atoms with E-state index in [0.29, 0.717) is 24.5 Å². The first-order valence-electron chi connectivity index (χ1n) is 7.76. The molecule has 1 saturated heterocycles. The molecular formula is C18H20FNO2S. The van der Waals surface area contributed by atoms with Crippen LogP contribution < -0.4 is 0 Å². The van der Waals surface area contributed by atoms with Gasteiger partial charge in [0.15, 0.2) is 0 Å². The van der Waals surface area contributed by atoms with E-state index in [1.165, 1.54) is 6.07 Å². The van der Waals surface area contributed by atoms with Crippen molar-refractivity contribution in [1.29, 1.82) is 0 Å². The fourth-order valence-electron chi connectivity index (χ4n) is 2.73. The Bertz CT molecular complexity index is 665. The smallest absolute Gasteiger partial charge is 0.129 e. The lowest BCUT2D eigenvalue weighted by molar-refractivity contribution is -0.0294. The molecule has 0 spiro atoms. The lowest BCUT2D eigenvalue weighted by atomic mass is 10.1. The molecule has 0 radical (unpaired) electrons. The number of halogens is 1. The Hall–Kier alpha value is -1.56. The highest BCUT2D eigenvalue weighted by Gasteiger charge is 2.24. The maximum Gasteiger partial charge on any atom is 0.129 e. The van der Waals surface area contributed by atoms with Crippen LogP contribution in [0, 0.1) is 5.82 Å². The summed E-state index contributed by atoms with van der Waals surface area (Å²) in [6, 6.07) is 16.2. The van der Waals surface area contributed by atoms with E-state index in [2.05, 4.69) is 4.90 Å². The van der Waals surface area contributed by atoms with E-state index < -0.39 is 10.8 Å². The molecule has 1 fully saturated rings. The summed E-state index contributed by atoms with van der Waals surface area (Å²) in [4.78, 5) is 3.05. The third kappa shape index (κ3) is 4.25. The predicted molar refractivity (Wildman–Crippen MR) is 89.3 cm³/mol. The molecule has 2 aromatic rings. The van der Waals surface area contributed by atoms with Gasteiger partial charge < -0.3 is 4.74 Å². The largest absolute Gasteiger partial charge is 0.371 e. The lowest BCUT2D eigenvalue weighted by Gasteiger charge is -2.33. The maximum atomic E-state index is 13.9. The molecule has 2 atom stereocenters. The molecule has 1 heterocycles. The van der Waals surface area contributed by atoms with Crippen molar-refractivity contribution in [3.8, 4) is 0 Å². The molecule has 23 heavy (non-hydrogen) atoms. The van der Waals surface area contributed by atoms with E-state index in [0.717, 1.165) is 18.0 Å². The number of hydrogen-bond acceptors (Lipinski definition) is 3. The Balaban J connectivity index is 1.57. The van der Waals surface area contributed by atoms with Crippen LogP contribution in [-0.2, 0) is 15.5 Å². The Morgan fingerprint density at radius 1 is 1.13 bits per heavy atom. The molecule has 1 aliphatic rings. The van der Waals surface area contributed by atoms with Gasteiger partial charge >= 0.3 is 0 Å². The van der Waals surface area contributed by atoms with E-state index in [9.17, 15) is 8.60 Å². The Morgan fingerprint density at radius 3 is 2.65 bits per heavy atom. The molecule has 122 valence electrons. The van der Waals surface area contributed by atoms with Crippen molar-refractivity contribution in [2.75, 3.05) is 32.0 Å². The first-order chi connectivity index (χ1) is 11.2. The summed E-state index contributed by atoms with van der Waals surface area (Å²) in [5, 5.41) is 0. The molecule has 0 aliphatic carbocycles. The molecule has 3 nitrogen and oxygen atoms in total. The molecule has 0 unspecified atom stereocenters. The fraction of sp³-hybridized carbons (Fsp3) is 0.333. The number of hydrogen-bond donors (Lipinski definition) is 0. The molecule has 0 aromatic heterocycles.